The van der Waals surface area contributed by atoms with Crippen LogP contribution in [0.15, 0.2) is 24.4 Å². The van der Waals surface area contributed by atoms with Gasteiger partial charge in [0.25, 0.3) is 0 Å². The van der Waals surface area contributed by atoms with Gasteiger partial charge in [0.15, 0.2) is 0 Å². The van der Waals surface area contributed by atoms with Gasteiger partial charge in [-0.15, -0.1) is 0 Å². The molecule has 1 aromatic heterocycles. The van der Waals surface area contributed by atoms with Crippen LogP contribution < -0.4 is 5.32 Å². The number of benzene rings is 1. The van der Waals surface area contributed by atoms with E-state index in [4.69, 9.17) is 0 Å². The average Bonchev–Trinajstić information content (AvgIpc) is 2.59. The molecule has 0 aliphatic heterocycles. The molecule has 0 spiro atoms. The van der Waals surface area contributed by atoms with Crippen LogP contribution in [0.3, 0.4) is 0 Å². The maximum Gasteiger partial charge on any atom is 0.0458 e. The van der Waals surface area contributed by atoms with Gasteiger partial charge in [0.05, 0.1) is 0 Å². The molecular weight excluding hydrogens is 196 g/mol. The molecule has 1 heterocycles. The molecule has 2 rings (SSSR count). The van der Waals surface area contributed by atoms with Gasteiger partial charge in [-0.3, -0.25) is 0 Å². The second-order valence-electron chi connectivity index (χ2n) is 4.96. The van der Waals surface area contributed by atoms with Crippen LogP contribution in [-0.4, -0.2) is 11.0 Å². The number of anilines is 1. The summed E-state index contributed by atoms with van der Waals surface area (Å²) in [7, 11) is 0. The van der Waals surface area contributed by atoms with Crippen LogP contribution in [0, 0.1) is 0 Å². The number of hydrogen-bond acceptors (Lipinski definition) is 1. The molecule has 0 bridgehead atoms. The quantitative estimate of drug-likeness (QED) is 0.794. The average molecular weight is 216 g/mol. The van der Waals surface area contributed by atoms with E-state index in [9.17, 15) is 0 Å². The van der Waals surface area contributed by atoms with Gasteiger partial charge in [-0.1, -0.05) is 13.8 Å². The molecule has 0 fully saturated rings. The normalized spacial score (nSPS) is 11.6. The van der Waals surface area contributed by atoms with E-state index in [0.717, 1.165) is 0 Å². The van der Waals surface area contributed by atoms with Gasteiger partial charge in [-0.05, 0) is 43.5 Å². The van der Waals surface area contributed by atoms with E-state index in [-0.39, 0.29) is 0 Å². The Hall–Kier alpha value is -1.44. The molecule has 1 aromatic carbocycles. The van der Waals surface area contributed by atoms with Crippen molar-refractivity contribution in [2.75, 3.05) is 5.32 Å². The van der Waals surface area contributed by atoms with Crippen molar-refractivity contribution in [3.05, 3.63) is 30.0 Å². The molecule has 86 valence electrons. The molecule has 16 heavy (non-hydrogen) atoms. The van der Waals surface area contributed by atoms with Gasteiger partial charge in [0.1, 0.15) is 0 Å². The number of rotatable bonds is 3. The van der Waals surface area contributed by atoms with Crippen LogP contribution in [0.4, 0.5) is 5.69 Å². The molecule has 0 amide bonds. The highest BCUT2D eigenvalue weighted by atomic mass is 14.9. The lowest BCUT2D eigenvalue weighted by molar-refractivity contribution is 0.875. The summed E-state index contributed by atoms with van der Waals surface area (Å²) in [4.78, 5) is 3.32. The van der Waals surface area contributed by atoms with Crippen LogP contribution in [0.25, 0.3) is 10.9 Å². The molecule has 0 aliphatic rings. The summed E-state index contributed by atoms with van der Waals surface area (Å²) in [5.41, 5.74) is 3.81. The highest BCUT2D eigenvalue weighted by Crippen LogP contribution is 2.27. The standard InChI is InChI=1S/C14H20N2/c1-9(2)13-8-15-14-6-5-11(7-12(13)14)16-10(3)4/h5-10,15-16H,1-4H3. The number of hydrogen-bond donors (Lipinski definition) is 2. The fourth-order valence-electron chi connectivity index (χ4n) is 2.04. The summed E-state index contributed by atoms with van der Waals surface area (Å²) in [5.74, 6) is 0.558. The SMILES string of the molecule is CC(C)Nc1ccc2[nH]cc(C(C)C)c2c1. The zero-order valence-corrected chi connectivity index (χ0v) is 10.5. The van der Waals surface area contributed by atoms with E-state index in [0.29, 0.717) is 12.0 Å². The van der Waals surface area contributed by atoms with Crippen molar-refractivity contribution in [2.24, 2.45) is 0 Å². The molecular formula is C14H20N2. The predicted molar refractivity (Wildman–Crippen MR) is 71.1 cm³/mol. The van der Waals surface area contributed by atoms with Gasteiger partial charge < -0.3 is 10.3 Å². The summed E-state index contributed by atoms with van der Waals surface area (Å²) in [6.45, 7) is 8.77. The fraction of sp³-hybridized carbons (Fsp3) is 0.429. The first kappa shape index (κ1) is 11.1. The van der Waals surface area contributed by atoms with Gasteiger partial charge in [0, 0.05) is 28.8 Å². The maximum atomic E-state index is 3.44. The zero-order chi connectivity index (χ0) is 11.7. The zero-order valence-electron chi connectivity index (χ0n) is 10.5. The lowest BCUT2D eigenvalue weighted by Gasteiger charge is -2.10. The summed E-state index contributed by atoms with van der Waals surface area (Å²) >= 11 is 0. The molecule has 0 saturated carbocycles. The van der Waals surface area contributed by atoms with Crippen molar-refractivity contribution >= 4 is 16.6 Å². The number of fused-ring (bicyclic) bond motifs is 1. The molecule has 0 radical (unpaired) electrons. The molecule has 0 aliphatic carbocycles. The van der Waals surface area contributed by atoms with Crippen molar-refractivity contribution in [3.8, 4) is 0 Å². The Bertz CT molecular complexity index is 480. The van der Waals surface area contributed by atoms with Gasteiger partial charge in [-0.25, -0.2) is 0 Å². The molecule has 0 saturated heterocycles. The molecule has 0 atom stereocenters. The van der Waals surface area contributed by atoms with E-state index in [2.05, 4.69) is 62.4 Å². The monoisotopic (exact) mass is 216 g/mol. The van der Waals surface area contributed by atoms with Crippen LogP contribution in [0.5, 0.6) is 0 Å². The van der Waals surface area contributed by atoms with Crippen molar-refractivity contribution in [1.29, 1.82) is 0 Å². The van der Waals surface area contributed by atoms with E-state index < -0.39 is 0 Å². The lowest BCUT2D eigenvalue weighted by atomic mass is 10.0. The number of H-pyrrole nitrogens is 1. The van der Waals surface area contributed by atoms with Gasteiger partial charge >= 0.3 is 0 Å². The summed E-state index contributed by atoms with van der Waals surface area (Å²) < 4.78 is 0. The van der Waals surface area contributed by atoms with Gasteiger partial charge in [-0.2, -0.15) is 0 Å². The Balaban J connectivity index is 2.46. The molecule has 0 unspecified atom stereocenters. The first-order chi connectivity index (χ1) is 7.58. The van der Waals surface area contributed by atoms with Crippen molar-refractivity contribution in [3.63, 3.8) is 0 Å². The number of aromatic amines is 1. The maximum absolute atomic E-state index is 3.44. The van der Waals surface area contributed by atoms with Crippen molar-refractivity contribution in [2.45, 2.75) is 39.7 Å². The van der Waals surface area contributed by atoms with Crippen LogP contribution in [0.1, 0.15) is 39.2 Å². The highest BCUT2D eigenvalue weighted by molar-refractivity contribution is 5.86. The second-order valence-corrected chi connectivity index (χ2v) is 4.96. The van der Waals surface area contributed by atoms with Crippen molar-refractivity contribution < 1.29 is 0 Å². The summed E-state index contributed by atoms with van der Waals surface area (Å²) in [6, 6.07) is 6.98. The third-order valence-electron chi connectivity index (χ3n) is 2.79. The molecule has 2 aromatic rings. The van der Waals surface area contributed by atoms with Gasteiger partial charge in [0.2, 0.25) is 0 Å². The van der Waals surface area contributed by atoms with E-state index >= 15 is 0 Å². The van der Waals surface area contributed by atoms with Crippen LogP contribution in [-0.2, 0) is 0 Å². The predicted octanol–water partition coefficient (Wildman–Crippen LogP) is 4.11. The number of nitrogens with one attached hydrogen (secondary N) is 2. The second kappa shape index (κ2) is 4.20. The first-order valence-corrected chi connectivity index (χ1v) is 5.95. The fourth-order valence-corrected chi connectivity index (χ4v) is 2.04. The third kappa shape index (κ3) is 2.06. The van der Waals surface area contributed by atoms with Crippen LogP contribution in [0.2, 0.25) is 0 Å². The Labute approximate surface area is 97.1 Å². The highest BCUT2D eigenvalue weighted by Gasteiger charge is 2.07. The Kier molecular flexibility index (Phi) is 2.90. The largest absolute Gasteiger partial charge is 0.383 e. The minimum absolute atomic E-state index is 0.471. The number of aromatic nitrogens is 1. The molecule has 2 N–H and O–H groups in total. The summed E-state index contributed by atoms with van der Waals surface area (Å²) in [6.07, 6.45) is 2.12. The Morgan fingerprint density at radius 1 is 1.12 bits per heavy atom. The minimum Gasteiger partial charge on any atom is -0.383 e. The minimum atomic E-state index is 0.471. The van der Waals surface area contributed by atoms with E-state index in [1.54, 1.807) is 0 Å². The van der Waals surface area contributed by atoms with E-state index in [1.807, 2.05) is 0 Å². The lowest BCUT2D eigenvalue weighted by Crippen LogP contribution is -2.09. The van der Waals surface area contributed by atoms with E-state index in [1.165, 1.54) is 22.2 Å². The molecule has 2 nitrogen and oxygen atoms in total. The Morgan fingerprint density at radius 3 is 2.50 bits per heavy atom. The summed E-state index contributed by atoms with van der Waals surface area (Å²) in [5, 5.41) is 4.77. The topological polar surface area (TPSA) is 27.8 Å². The van der Waals surface area contributed by atoms with Crippen molar-refractivity contribution in [1.82, 2.24) is 4.98 Å². The van der Waals surface area contributed by atoms with Crippen LogP contribution >= 0.6 is 0 Å². The third-order valence-corrected chi connectivity index (χ3v) is 2.79. The first-order valence-electron chi connectivity index (χ1n) is 5.95. The molecule has 2 heteroatoms. The smallest absolute Gasteiger partial charge is 0.0458 e. The Morgan fingerprint density at radius 2 is 1.88 bits per heavy atom.